The summed E-state index contributed by atoms with van der Waals surface area (Å²) in [5.74, 6) is 0.415. The van der Waals surface area contributed by atoms with Crippen LogP contribution in [0.5, 0.6) is 11.5 Å². The molecule has 6 rings (SSSR count). The van der Waals surface area contributed by atoms with E-state index in [2.05, 4.69) is 28.0 Å². The standard InChI is InChI=1S/C46H64N6O10/c1-43(2,3)60-40(56)48-31(13-12-23-47-39(49-41(57)61-44(4,5)6)50-42(58)62-45(7,8)9)38(55)51(10)29-17-14-27(15-18-29)26-52(11)24-22-46-30-19-21-34(54)37(46)59-36-33(53)20-16-28(35(36)46)25-32(30)52/h14-18,20,30-32,37H,12-13,19,21-26H2,1-11H3,(H3-,47,48,49,50,53,56,57,58)/p+1/t30-,31-,32-,37?,46-,52?/m0/s1. The fourth-order valence-electron chi connectivity index (χ4n) is 9.69. The number of phenols is 1. The number of likely N-dealkylation sites (tertiary alicyclic amines) is 1. The minimum atomic E-state index is -1.00. The molecule has 16 nitrogen and oxygen atoms in total. The number of aliphatic imine (C=N–C) groups is 1. The van der Waals surface area contributed by atoms with E-state index in [-0.39, 0.29) is 54.7 Å². The molecule has 1 saturated carbocycles. The number of amides is 4. The number of guanidine groups is 1. The van der Waals surface area contributed by atoms with Gasteiger partial charge in [0.25, 0.3) is 0 Å². The second kappa shape index (κ2) is 17.1. The minimum Gasteiger partial charge on any atom is -0.504 e. The summed E-state index contributed by atoms with van der Waals surface area (Å²) in [7, 11) is 3.95. The Bertz CT molecular complexity index is 2070. The van der Waals surface area contributed by atoms with E-state index in [1.165, 1.54) is 4.90 Å². The fraction of sp³-hybridized carbons (Fsp3) is 0.609. The Labute approximate surface area is 364 Å². The van der Waals surface area contributed by atoms with Crippen molar-refractivity contribution >= 4 is 41.6 Å². The number of piperidine rings is 1. The molecule has 338 valence electrons. The van der Waals surface area contributed by atoms with Crippen LogP contribution in [0.4, 0.5) is 20.1 Å². The highest BCUT2D eigenvalue weighted by molar-refractivity contribution is 6.01. The maximum atomic E-state index is 14.1. The number of anilines is 1. The van der Waals surface area contributed by atoms with Crippen molar-refractivity contribution in [2.75, 3.05) is 32.1 Å². The van der Waals surface area contributed by atoms with Crippen molar-refractivity contribution in [3.05, 3.63) is 53.1 Å². The zero-order valence-corrected chi connectivity index (χ0v) is 38.1. The van der Waals surface area contributed by atoms with Crippen LogP contribution < -0.4 is 25.6 Å². The number of aromatic hydroxyl groups is 1. The van der Waals surface area contributed by atoms with Crippen LogP contribution in [-0.2, 0) is 42.2 Å². The van der Waals surface area contributed by atoms with Crippen molar-refractivity contribution in [3.63, 3.8) is 0 Å². The first kappa shape index (κ1) is 46.1. The number of rotatable bonds is 9. The average molecular weight is 862 g/mol. The monoisotopic (exact) mass is 861 g/mol. The van der Waals surface area contributed by atoms with Gasteiger partial charge in [-0.15, -0.1) is 0 Å². The third-order valence-electron chi connectivity index (χ3n) is 12.1. The number of nitrogens with one attached hydrogen (secondary N) is 3. The Morgan fingerprint density at radius 3 is 2.11 bits per heavy atom. The summed E-state index contributed by atoms with van der Waals surface area (Å²) in [6, 6.07) is 10.8. The molecule has 0 radical (unpaired) electrons. The van der Waals surface area contributed by atoms with Gasteiger partial charge in [0.15, 0.2) is 23.4 Å². The van der Waals surface area contributed by atoms with Gasteiger partial charge in [-0.3, -0.25) is 25.2 Å². The molecule has 2 aliphatic heterocycles. The van der Waals surface area contributed by atoms with Crippen molar-refractivity contribution in [1.29, 1.82) is 0 Å². The zero-order chi connectivity index (χ0) is 45.6. The van der Waals surface area contributed by atoms with Crippen LogP contribution in [0.2, 0.25) is 0 Å². The molecule has 2 aromatic carbocycles. The number of benzene rings is 2. The van der Waals surface area contributed by atoms with Crippen LogP contribution in [0.15, 0.2) is 41.4 Å². The van der Waals surface area contributed by atoms with Gasteiger partial charge in [-0.05, 0) is 105 Å². The van der Waals surface area contributed by atoms with Crippen molar-refractivity contribution in [3.8, 4) is 11.5 Å². The Hall–Kier alpha value is -5.38. The van der Waals surface area contributed by atoms with Crippen LogP contribution in [0, 0.1) is 5.92 Å². The van der Waals surface area contributed by atoms with E-state index >= 15 is 0 Å². The molecule has 4 N–H and O–H groups in total. The quantitative estimate of drug-likeness (QED) is 0.0722. The van der Waals surface area contributed by atoms with Crippen LogP contribution in [0.25, 0.3) is 0 Å². The summed E-state index contributed by atoms with van der Waals surface area (Å²) in [5, 5.41) is 18.4. The number of quaternary nitrogens is 1. The van der Waals surface area contributed by atoms with Crippen LogP contribution in [0.3, 0.4) is 0 Å². The number of ether oxygens (including phenoxy) is 4. The molecule has 4 amide bonds. The first-order valence-electron chi connectivity index (χ1n) is 21.6. The smallest absolute Gasteiger partial charge is 0.414 e. The first-order chi connectivity index (χ1) is 28.8. The Morgan fingerprint density at radius 1 is 0.919 bits per heavy atom. The molecule has 6 atom stereocenters. The number of carbonyl (C=O) groups excluding carboxylic acids is 5. The summed E-state index contributed by atoms with van der Waals surface area (Å²) < 4.78 is 23.3. The topological polar surface area (TPSA) is 194 Å². The van der Waals surface area contributed by atoms with Crippen LogP contribution in [0.1, 0.15) is 111 Å². The second-order valence-electron chi connectivity index (χ2n) is 20.4. The van der Waals surface area contributed by atoms with Gasteiger partial charge in [0.1, 0.15) is 29.4 Å². The van der Waals surface area contributed by atoms with Crippen molar-refractivity contribution in [2.45, 2.75) is 148 Å². The predicted molar refractivity (Wildman–Crippen MR) is 232 cm³/mol. The first-order valence-corrected chi connectivity index (χ1v) is 21.6. The van der Waals surface area contributed by atoms with Gasteiger partial charge < -0.3 is 38.8 Å². The number of hydrogen-bond acceptors (Lipinski definition) is 11. The number of carbonyl (C=O) groups is 5. The largest absolute Gasteiger partial charge is 0.504 e. The lowest BCUT2D eigenvalue weighted by atomic mass is 9.51. The molecule has 16 heteroatoms. The summed E-state index contributed by atoms with van der Waals surface area (Å²) in [6.45, 7) is 17.1. The highest BCUT2D eigenvalue weighted by atomic mass is 16.6. The van der Waals surface area contributed by atoms with Gasteiger partial charge in [-0.25, -0.2) is 14.4 Å². The number of likely N-dealkylation sites (N-methyl/N-ethyl adjacent to an activating group) is 2. The summed E-state index contributed by atoms with van der Waals surface area (Å²) in [6.07, 6.45) is 0.361. The number of phenolic OH excluding ortho intramolecular Hbond substituents is 1. The minimum absolute atomic E-state index is 0.0539. The van der Waals surface area contributed by atoms with Gasteiger partial charge in [0.05, 0.1) is 25.0 Å². The lowest BCUT2D eigenvalue weighted by molar-refractivity contribution is -0.957. The van der Waals surface area contributed by atoms with Crippen molar-refractivity contribution in [1.82, 2.24) is 16.0 Å². The number of Topliss-reactive ketones (excluding diaryl/α,β-unsaturated/α-hetero) is 1. The van der Waals surface area contributed by atoms with Crippen molar-refractivity contribution < 1.29 is 52.5 Å². The molecule has 4 aliphatic rings. The second-order valence-corrected chi connectivity index (χ2v) is 20.4. The van der Waals surface area contributed by atoms with Gasteiger partial charge in [-0.2, -0.15) is 0 Å². The van der Waals surface area contributed by atoms with Gasteiger partial charge in [0, 0.05) is 55.6 Å². The normalized spacial score (nSPS) is 24.0. The molecule has 0 aromatic heterocycles. The van der Waals surface area contributed by atoms with E-state index < -0.39 is 52.6 Å². The lowest BCUT2D eigenvalue weighted by Gasteiger charge is -2.60. The third kappa shape index (κ3) is 10.1. The van der Waals surface area contributed by atoms with E-state index in [0.29, 0.717) is 17.9 Å². The lowest BCUT2D eigenvalue weighted by Crippen LogP contribution is -2.71. The van der Waals surface area contributed by atoms with E-state index in [4.69, 9.17) is 18.9 Å². The number of ketones is 1. The van der Waals surface area contributed by atoms with E-state index in [0.717, 1.165) is 53.5 Å². The van der Waals surface area contributed by atoms with E-state index in [9.17, 15) is 29.1 Å². The van der Waals surface area contributed by atoms with E-state index in [1.807, 2.05) is 30.3 Å². The molecule has 2 aliphatic carbocycles. The predicted octanol–water partition coefficient (Wildman–Crippen LogP) is 6.39. The molecule has 2 fully saturated rings. The molecule has 2 unspecified atom stereocenters. The molecule has 62 heavy (non-hydrogen) atoms. The SMILES string of the molecule is CN(C(=O)[C@H](CCCN=C(NC(=O)OC(C)(C)C)NC(=O)OC(C)(C)C)NC(=O)OC(C)(C)C)c1ccc(C[N+]2(C)CC[C@]34c5c6ccc(O)c5OC3C(=O)CC[C@H]4[C@@H]2C6)cc1. The summed E-state index contributed by atoms with van der Waals surface area (Å²) in [4.78, 5) is 71.4. The van der Waals surface area contributed by atoms with Gasteiger partial charge in [0.2, 0.25) is 11.9 Å². The fourth-order valence-corrected chi connectivity index (χ4v) is 9.69. The molecule has 1 saturated heterocycles. The highest BCUT2D eigenvalue weighted by Crippen LogP contribution is 2.64. The molecule has 2 heterocycles. The summed E-state index contributed by atoms with van der Waals surface area (Å²) >= 11 is 0. The Balaban J connectivity index is 1.15. The molecule has 2 aromatic rings. The molecule has 2 bridgehead atoms. The number of nitrogens with zero attached hydrogens (tertiary/aromatic N) is 3. The number of hydrogen-bond donors (Lipinski definition) is 4. The Morgan fingerprint density at radius 2 is 1.52 bits per heavy atom. The maximum Gasteiger partial charge on any atom is 0.414 e. The molecular weight excluding hydrogens is 797 g/mol. The van der Waals surface area contributed by atoms with Crippen LogP contribution >= 0.6 is 0 Å². The highest BCUT2D eigenvalue weighted by Gasteiger charge is 2.69. The number of alkyl carbamates (subject to hydrolysis) is 3. The molecule has 1 spiro atoms. The zero-order valence-electron chi connectivity index (χ0n) is 38.1. The van der Waals surface area contributed by atoms with E-state index in [1.54, 1.807) is 75.4 Å². The third-order valence-corrected chi connectivity index (χ3v) is 12.1. The Kier molecular flexibility index (Phi) is 12.7. The van der Waals surface area contributed by atoms with Gasteiger partial charge >= 0.3 is 18.3 Å². The van der Waals surface area contributed by atoms with Crippen molar-refractivity contribution in [2.24, 2.45) is 10.9 Å². The maximum absolute atomic E-state index is 14.1. The average Bonchev–Trinajstić information content (AvgIpc) is 3.50. The molecular formula is C46H65N6O10+. The van der Waals surface area contributed by atoms with Gasteiger partial charge in [-0.1, -0.05) is 18.2 Å². The van der Waals surface area contributed by atoms with Crippen LogP contribution in [-0.4, -0.2) is 108 Å². The summed E-state index contributed by atoms with van der Waals surface area (Å²) in [5.41, 5.74) is 1.14.